The van der Waals surface area contributed by atoms with Crippen LogP contribution in [0.3, 0.4) is 0 Å². The largest absolute Gasteiger partial charge is 0.507 e. The Hall–Kier alpha value is -3.22. The van der Waals surface area contributed by atoms with E-state index in [0.29, 0.717) is 5.56 Å². The molecule has 0 saturated carbocycles. The molecule has 0 aliphatic rings. The number of carbonyl (C=O) groups is 1. The van der Waals surface area contributed by atoms with Crippen LogP contribution in [0.1, 0.15) is 10.4 Å². The Kier molecular flexibility index (Phi) is 3.30. The maximum atomic E-state index is 12.9. The number of carboxylic acid groups (broad SMARTS) is 1. The molecule has 110 valence electrons. The molecule has 6 nitrogen and oxygen atoms in total. The summed E-state index contributed by atoms with van der Waals surface area (Å²) in [4.78, 5) is 15.1. The van der Waals surface area contributed by atoms with Crippen molar-refractivity contribution in [1.29, 1.82) is 0 Å². The van der Waals surface area contributed by atoms with Gasteiger partial charge in [-0.1, -0.05) is 5.16 Å². The van der Waals surface area contributed by atoms with Crippen LogP contribution in [0.4, 0.5) is 4.39 Å². The van der Waals surface area contributed by atoms with Crippen LogP contribution in [-0.2, 0) is 0 Å². The van der Waals surface area contributed by atoms with Crippen molar-refractivity contribution in [2.24, 2.45) is 0 Å². The molecule has 3 aromatic rings. The van der Waals surface area contributed by atoms with Crippen LogP contribution in [0.15, 0.2) is 47.0 Å². The van der Waals surface area contributed by atoms with E-state index < -0.39 is 11.8 Å². The number of phenolic OH excluding ortho intramolecular Hbond substituents is 1. The first kappa shape index (κ1) is 13.7. The van der Waals surface area contributed by atoms with Gasteiger partial charge in [-0.3, -0.25) is 0 Å². The lowest BCUT2D eigenvalue weighted by Gasteiger charge is -2.01. The minimum atomic E-state index is -1.14. The third-order valence-corrected chi connectivity index (χ3v) is 3.00. The molecule has 0 bridgehead atoms. The van der Waals surface area contributed by atoms with Crippen molar-refractivity contribution in [2.75, 3.05) is 0 Å². The number of phenols is 1. The fourth-order valence-electron chi connectivity index (χ4n) is 1.89. The molecule has 0 aliphatic heterocycles. The Bertz CT molecular complexity index is 843. The quantitative estimate of drug-likeness (QED) is 0.772. The van der Waals surface area contributed by atoms with Crippen molar-refractivity contribution in [3.05, 3.63) is 53.8 Å². The topological polar surface area (TPSA) is 96.5 Å². The van der Waals surface area contributed by atoms with E-state index in [2.05, 4.69) is 10.1 Å². The minimum Gasteiger partial charge on any atom is -0.507 e. The lowest BCUT2D eigenvalue weighted by Crippen LogP contribution is -1.96. The summed E-state index contributed by atoms with van der Waals surface area (Å²) in [5.41, 5.74) is 0.631. The molecule has 0 saturated heterocycles. The zero-order valence-electron chi connectivity index (χ0n) is 11.0. The zero-order valence-corrected chi connectivity index (χ0v) is 11.0. The summed E-state index contributed by atoms with van der Waals surface area (Å²) < 4.78 is 17.9. The van der Waals surface area contributed by atoms with Gasteiger partial charge in [0.05, 0.1) is 11.1 Å². The van der Waals surface area contributed by atoms with Gasteiger partial charge < -0.3 is 14.7 Å². The van der Waals surface area contributed by atoms with E-state index in [1.807, 2.05) is 0 Å². The molecule has 7 heteroatoms. The van der Waals surface area contributed by atoms with Gasteiger partial charge in [-0.05, 0) is 42.5 Å². The van der Waals surface area contributed by atoms with Crippen LogP contribution in [0.25, 0.3) is 22.8 Å². The van der Waals surface area contributed by atoms with Gasteiger partial charge in [0.15, 0.2) is 0 Å². The van der Waals surface area contributed by atoms with Crippen LogP contribution in [0, 0.1) is 5.82 Å². The predicted octanol–water partition coefficient (Wildman–Crippen LogP) is 2.95. The third-order valence-electron chi connectivity index (χ3n) is 3.00. The average Bonchev–Trinajstić information content (AvgIpc) is 2.98. The van der Waals surface area contributed by atoms with E-state index in [4.69, 9.17) is 9.63 Å². The Balaban J connectivity index is 2.02. The van der Waals surface area contributed by atoms with Gasteiger partial charge in [0, 0.05) is 5.56 Å². The number of hydrogen-bond donors (Lipinski definition) is 2. The smallest absolute Gasteiger partial charge is 0.335 e. The Morgan fingerprint density at radius 1 is 1.14 bits per heavy atom. The van der Waals surface area contributed by atoms with E-state index in [1.165, 1.54) is 42.5 Å². The van der Waals surface area contributed by atoms with Crippen molar-refractivity contribution in [1.82, 2.24) is 10.1 Å². The highest BCUT2D eigenvalue weighted by atomic mass is 19.1. The van der Waals surface area contributed by atoms with Gasteiger partial charge in [0.1, 0.15) is 11.6 Å². The number of rotatable bonds is 3. The number of aromatic nitrogens is 2. The van der Waals surface area contributed by atoms with Gasteiger partial charge in [-0.2, -0.15) is 4.98 Å². The number of aromatic hydroxyl groups is 1. The standard InChI is InChI=1S/C15H9FN2O4/c16-10-4-1-8(2-5-10)14-17-13(18-22-14)11-7-9(15(20)21)3-6-12(11)19/h1-7,19H,(H,20,21). The summed E-state index contributed by atoms with van der Waals surface area (Å²) in [6, 6.07) is 9.20. The first-order chi connectivity index (χ1) is 10.5. The highest BCUT2D eigenvalue weighted by Crippen LogP contribution is 2.29. The molecule has 0 fully saturated rings. The van der Waals surface area contributed by atoms with Gasteiger partial charge in [-0.25, -0.2) is 9.18 Å². The van der Waals surface area contributed by atoms with E-state index in [9.17, 15) is 14.3 Å². The molecule has 3 rings (SSSR count). The lowest BCUT2D eigenvalue weighted by molar-refractivity contribution is 0.0697. The summed E-state index contributed by atoms with van der Waals surface area (Å²) in [5, 5.41) is 22.5. The van der Waals surface area contributed by atoms with Crippen molar-refractivity contribution >= 4 is 5.97 Å². The molecule has 0 atom stereocenters. The maximum absolute atomic E-state index is 12.9. The van der Waals surface area contributed by atoms with E-state index in [0.717, 1.165) is 0 Å². The second-order valence-electron chi connectivity index (χ2n) is 4.47. The Labute approximate surface area is 123 Å². The number of halogens is 1. The average molecular weight is 300 g/mol. The first-order valence-corrected chi connectivity index (χ1v) is 6.21. The molecular weight excluding hydrogens is 291 g/mol. The highest BCUT2D eigenvalue weighted by Gasteiger charge is 2.16. The highest BCUT2D eigenvalue weighted by molar-refractivity contribution is 5.89. The summed E-state index contributed by atoms with van der Waals surface area (Å²) >= 11 is 0. The van der Waals surface area contributed by atoms with Crippen molar-refractivity contribution in [3.63, 3.8) is 0 Å². The molecule has 0 radical (unpaired) electrons. The van der Waals surface area contributed by atoms with Gasteiger partial charge >= 0.3 is 5.97 Å². The van der Waals surface area contributed by atoms with Gasteiger partial charge in [-0.15, -0.1) is 0 Å². The monoisotopic (exact) mass is 300 g/mol. The fourth-order valence-corrected chi connectivity index (χ4v) is 1.89. The van der Waals surface area contributed by atoms with Crippen LogP contribution in [0.5, 0.6) is 5.75 Å². The zero-order chi connectivity index (χ0) is 15.7. The summed E-state index contributed by atoms with van der Waals surface area (Å²) in [6.45, 7) is 0. The number of hydrogen-bond acceptors (Lipinski definition) is 5. The minimum absolute atomic E-state index is 0.0130. The fraction of sp³-hybridized carbons (Fsp3) is 0. The van der Waals surface area contributed by atoms with Crippen LogP contribution in [-0.4, -0.2) is 26.3 Å². The van der Waals surface area contributed by atoms with Gasteiger partial charge in [0.25, 0.3) is 5.89 Å². The molecule has 0 spiro atoms. The molecular formula is C15H9FN2O4. The number of nitrogens with zero attached hydrogens (tertiary/aromatic N) is 2. The SMILES string of the molecule is O=C(O)c1ccc(O)c(-c2noc(-c3ccc(F)cc3)n2)c1. The molecule has 1 heterocycles. The van der Waals surface area contributed by atoms with E-state index >= 15 is 0 Å². The summed E-state index contributed by atoms with van der Waals surface area (Å²) in [6.07, 6.45) is 0. The Morgan fingerprint density at radius 2 is 1.86 bits per heavy atom. The molecule has 1 aromatic heterocycles. The number of carboxylic acids is 1. The number of benzene rings is 2. The van der Waals surface area contributed by atoms with E-state index in [-0.39, 0.29) is 28.6 Å². The molecule has 2 aromatic carbocycles. The first-order valence-electron chi connectivity index (χ1n) is 6.21. The molecule has 22 heavy (non-hydrogen) atoms. The van der Waals surface area contributed by atoms with Crippen molar-refractivity contribution < 1.29 is 23.9 Å². The molecule has 2 N–H and O–H groups in total. The second kappa shape index (κ2) is 5.28. The lowest BCUT2D eigenvalue weighted by atomic mass is 10.1. The summed E-state index contributed by atoms with van der Waals surface area (Å²) in [7, 11) is 0. The van der Waals surface area contributed by atoms with Crippen LogP contribution >= 0.6 is 0 Å². The Morgan fingerprint density at radius 3 is 2.55 bits per heavy atom. The molecule has 0 aliphatic carbocycles. The molecule has 0 unspecified atom stereocenters. The second-order valence-corrected chi connectivity index (χ2v) is 4.47. The summed E-state index contributed by atoms with van der Waals surface area (Å²) in [5.74, 6) is -1.52. The van der Waals surface area contributed by atoms with Crippen molar-refractivity contribution in [2.45, 2.75) is 0 Å². The van der Waals surface area contributed by atoms with Crippen LogP contribution < -0.4 is 0 Å². The third kappa shape index (κ3) is 2.51. The normalized spacial score (nSPS) is 10.6. The maximum Gasteiger partial charge on any atom is 0.335 e. The van der Waals surface area contributed by atoms with Crippen LogP contribution in [0.2, 0.25) is 0 Å². The van der Waals surface area contributed by atoms with Crippen molar-refractivity contribution in [3.8, 4) is 28.6 Å². The van der Waals surface area contributed by atoms with Gasteiger partial charge in [0.2, 0.25) is 5.82 Å². The predicted molar refractivity (Wildman–Crippen MR) is 73.8 cm³/mol. The molecule has 0 amide bonds. The van der Waals surface area contributed by atoms with E-state index in [1.54, 1.807) is 0 Å². The number of aromatic carboxylic acids is 1.